The van der Waals surface area contributed by atoms with E-state index in [2.05, 4.69) is 21.3 Å². The van der Waals surface area contributed by atoms with Crippen LogP contribution in [0.2, 0.25) is 0 Å². The van der Waals surface area contributed by atoms with E-state index in [0.717, 1.165) is 31.0 Å². The average molecular weight is 394 g/mol. The average Bonchev–Trinajstić information content (AvgIpc) is 3.28. The predicted octanol–water partition coefficient (Wildman–Crippen LogP) is 1.67. The van der Waals surface area contributed by atoms with Gasteiger partial charge in [-0.1, -0.05) is 5.16 Å². The van der Waals surface area contributed by atoms with E-state index in [4.69, 9.17) is 4.52 Å². The molecule has 0 spiro atoms. The summed E-state index contributed by atoms with van der Waals surface area (Å²) in [6.45, 7) is 1.72. The van der Waals surface area contributed by atoms with Crippen molar-refractivity contribution in [3.63, 3.8) is 0 Å². The summed E-state index contributed by atoms with van der Waals surface area (Å²) in [5.41, 5.74) is 6.00. The zero-order chi connectivity index (χ0) is 18.5. The summed E-state index contributed by atoms with van der Waals surface area (Å²) in [7, 11) is 0. The summed E-state index contributed by atoms with van der Waals surface area (Å²) in [6, 6.07) is 3.49. The zero-order valence-electron chi connectivity index (χ0n) is 14.1. The number of carbonyl (C=O) groups excluding carboxylic acids is 3. The van der Waals surface area contributed by atoms with Gasteiger partial charge in [0.1, 0.15) is 5.76 Å². The Kier molecular flexibility index (Phi) is 5.94. The Morgan fingerprint density at radius 3 is 2.73 bits per heavy atom. The van der Waals surface area contributed by atoms with Crippen LogP contribution in [0.3, 0.4) is 0 Å². The van der Waals surface area contributed by atoms with Gasteiger partial charge in [0.05, 0.1) is 16.4 Å². The monoisotopic (exact) mass is 394 g/mol. The van der Waals surface area contributed by atoms with Gasteiger partial charge in [-0.15, -0.1) is 23.1 Å². The standard InChI is InChI=1S/C16H18N4O4S2/c1-9-5-13(20-24-9)17-14(21)7-25-8-15(22)18-19-16(23)12-6-10-3-2-4-11(10)26-12/h5-6H,2-4,7-8H2,1H3,(H,18,22)(H,19,23)(H,17,20,21). The van der Waals surface area contributed by atoms with Crippen LogP contribution in [0.4, 0.5) is 5.82 Å². The highest BCUT2D eigenvalue weighted by molar-refractivity contribution is 8.00. The number of hydrazine groups is 1. The number of thiophene rings is 1. The molecular weight excluding hydrogens is 376 g/mol. The topological polar surface area (TPSA) is 113 Å². The number of carbonyl (C=O) groups is 3. The zero-order valence-corrected chi connectivity index (χ0v) is 15.7. The molecule has 0 fully saturated rings. The third-order valence-corrected chi connectivity index (χ3v) is 5.82. The van der Waals surface area contributed by atoms with Crippen molar-refractivity contribution in [1.82, 2.24) is 16.0 Å². The molecule has 0 saturated carbocycles. The summed E-state index contributed by atoms with van der Waals surface area (Å²) in [5.74, 6) is 0.0941. The molecule has 8 nitrogen and oxygen atoms in total. The number of hydrogen-bond acceptors (Lipinski definition) is 7. The summed E-state index contributed by atoms with van der Waals surface area (Å²) in [5, 5.41) is 6.21. The first-order chi connectivity index (χ1) is 12.5. The third-order valence-electron chi connectivity index (χ3n) is 3.65. The first kappa shape index (κ1) is 18.5. The second-order valence-electron chi connectivity index (χ2n) is 5.78. The lowest BCUT2D eigenvalue weighted by Crippen LogP contribution is -2.42. The summed E-state index contributed by atoms with van der Waals surface area (Å²) in [6.07, 6.45) is 3.17. The van der Waals surface area contributed by atoms with Crippen molar-refractivity contribution in [2.75, 3.05) is 16.8 Å². The highest BCUT2D eigenvalue weighted by Crippen LogP contribution is 2.30. The van der Waals surface area contributed by atoms with Crippen LogP contribution in [0.5, 0.6) is 0 Å². The minimum absolute atomic E-state index is 0.0481. The van der Waals surface area contributed by atoms with Gasteiger partial charge < -0.3 is 9.84 Å². The van der Waals surface area contributed by atoms with Crippen LogP contribution in [-0.2, 0) is 22.4 Å². The maximum Gasteiger partial charge on any atom is 0.279 e. The number of fused-ring (bicyclic) bond motifs is 1. The van der Waals surface area contributed by atoms with Crippen LogP contribution in [0.15, 0.2) is 16.7 Å². The SMILES string of the molecule is Cc1cc(NC(=O)CSCC(=O)NNC(=O)c2cc3c(s2)CCC3)no1. The van der Waals surface area contributed by atoms with Crippen LogP contribution in [-0.4, -0.2) is 34.4 Å². The molecule has 3 rings (SSSR count). The Balaban J connectivity index is 1.33. The maximum atomic E-state index is 12.0. The van der Waals surface area contributed by atoms with E-state index < -0.39 is 0 Å². The molecule has 2 aromatic rings. The van der Waals surface area contributed by atoms with Crippen molar-refractivity contribution in [3.05, 3.63) is 33.2 Å². The Bertz CT molecular complexity index is 809. The second kappa shape index (κ2) is 8.37. The number of nitrogens with one attached hydrogen (secondary N) is 3. The molecule has 26 heavy (non-hydrogen) atoms. The van der Waals surface area contributed by atoms with E-state index >= 15 is 0 Å². The first-order valence-electron chi connectivity index (χ1n) is 8.03. The molecule has 0 bridgehead atoms. The van der Waals surface area contributed by atoms with E-state index in [-0.39, 0.29) is 29.2 Å². The van der Waals surface area contributed by atoms with Crippen molar-refractivity contribution in [2.24, 2.45) is 0 Å². The van der Waals surface area contributed by atoms with Crippen molar-refractivity contribution in [1.29, 1.82) is 0 Å². The van der Waals surface area contributed by atoms with Crippen LogP contribution < -0.4 is 16.2 Å². The number of rotatable bonds is 6. The first-order valence-corrected chi connectivity index (χ1v) is 10.00. The van der Waals surface area contributed by atoms with Gasteiger partial charge in [-0.2, -0.15) is 0 Å². The second-order valence-corrected chi connectivity index (χ2v) is 7.90. The number of anilines is 1. The van der Waals surface area contributed by atoms with Crippen molar-refractivity contribution >= 4 is 46.6 Å². The third kappa shape index (κ3) is 4.85. The van der Waals surface area contributed by atoms with Crippen molar-refractivity contribution < 1.29 is 18.9 Å². The molecule has 1 aliphatic carbocycles. The number of aryl methyl sites for hydroxylation is 3. The predicted molar refractivity (Wildman–Crippen MR) is 99.1 cm³/mol. The fourth-order valence-corrected chi connectivity index (χ4v) is 4.27. The molecule has 138 valence electrons. The molecule has 0 unspecified atom stereocenters. The Morgan fingerprint density at radius 2 is 2.00 bits per heavy atom. The fraction of sp³-hybridized carbons (Fsp3) is 0.375. The van der Waals surface area contributed by atoms with Crippen LogP contribution in [0.1, 0.15) is 32.3 Å². The van der Waals surface area contributed by atoms with Gasteiger partial charge in [0, 0.05) is 10.9 Å². The van der Waals surface area contributed by atoms with Gasteiger partial charge in [0.25, 0.3) is 5.91 Å². The lowest BCUT2D eigenvalue weighted by molar-refractivity contribution is -0.119. The minimum atomic E-state index is -0.377. The normalized spacial score (nSPS) is 12.5. The Morgan fingerprint density at radius 1 is 1.19 bits per heavy atom. The van der Waals surface area contributed by atoms with Crippen molar-refractivity contribution in [2.45, 2.75) is 26.2 Å². The van der Waals surface area contributed by atoms with E-state index in [1.54, 1.807) is 13.0 Å². The summed E-state index contributed by atoms with van der Waals surface area (Å²) < 4.78 is 4.84. The van der Waals surface area contributed by atoms with Gasteiger partial charge in [0.15, 0.2) is 5.82 Å². The molecule has 0 aliphatic heterocycles. The van der Waals surface area contributed by atoms with E-state index in [9.17, 15) is 14.4 Å². The van der Waals surface area contributed by atoms with E-state index in [1.807, 2.05) is 6.07 Å². The molecule has 0 atom stereocenters. The Labute approximate surface area is 158 Å². The maximum absolute atomic E-state index is 12.0. The van der Waals surface area contributed by atoms with E-state index in [1.165, 1.54) is 21.8 Å². The molecule has 10 heteroatoms. The number of thioether (sulfide) groups is 1. The van der Waals surface area contributed by atoms with Gasteiger partial charge in [-0.05, 0) is 37.8 Å². The van der Waals surface area contributed by atoms with E-state index in [0.29, 0.717) is 16.5 Å². The number of aromatic nitrogens is 1. The fourth-order valence-electron chi connectivity index (χ4n) is 2.51. The molecule has 0 radical (unpaired) electrons. The number of hydrogen-bond donors (Lipinski definition) is 3. The molecular formula is C16H18N4O4S2. The highest BCUT2D eigenvalue weighted by atomic mass is 32.2. The van der Waals surface area contributed by atoms with Crippen LogP contribution in [0, 0.1) is 6.92 Å². The van der Waals surface area contributed by atoms with Crippen LogP contribution >= 0.6 is 23.1 Å². The van der Waals surface area contributed by atoms with Gasteiger partial charge >= 0.3 is 0 Å². The molecule has 2 aromatic heterocycles. The molecule has 3 amide bonds. The molecule has 2 heterocycles. The molecule has 0 aromatic carbocycles. The summed E-state index contributed by atoms with van der Waals surface area (Å²) in [4.78, 5) is 37.4. The Hall–Kier alpha value is -2.33. The summed E-state index contributed by atoms with van der Waals surface area (Å²) >= 11 is 2.60. The molecule has 3 N–H and O–H groups in total. The van der Waals surface area contributed by atoms with Crippen molar-refractivity contribution in [3.8, 4) is 0 Å². The quantitative estimate of drug-likeness (QED) is 0.642. The largest absolute Gasteiger partial charge is 0.360 e. The number of nitrogens with zero attached hydrogens (tertiary/aromatic N) is 1. The number of amides is 3. The minimum Gasteiger partial charge on any atom is -0.360 e. The lowest BCUT2D eigenvalue weighted by Gasteiger charge is -2.06. The smallest absolute Gasteiger partial charge is 0.279 e. The van der Waals surface area contributed by atoms with Gasteiger partial charge in [-0.3, -0.25) is 25.2 Å². The highest BCUT2D eigenvalue weighted by Gasteiger charge is 2.18. The van der Waals surface area contributed by atoms with Gasteiger partial charge in [0.2, 0.25) is 11.8 Å². The lowest BCUT2D eigenvalue weighted by atomic mass is 10.2. The van der Waals surface area contributed by atoms with Crippen LogP contribution in [0.25, 0.3) is 0 Å². The van der Waals surface area contributed by atoms with Gasteiger partial charge in [-0.25, -0.2) is 0 Å². The molecule has 1 aliphatic rings. The molecule has 0 saturated heterocycles.